The van der Waals surface area contributed by atoms with Gasteiger partial charge >= 0.3 is 0 Å². The molecular formula is C18H12N4. The average Bonchev–Trinajstić information content (AvgIpc) is 3.23. The zero-order valence-corrected chi connectivity index (χ0v) is 11.7. The van der Waals surface area contributed by atoms with Gasteiger partial charge in [0.25, 0.3) is 0 Å². The van der Waals surface area contributed by atoms with Gasteiger partial charge < -0.3 is 0 Å². The van der Waals surface area contributed by atoms with Gasteiger partial charge in [-0.3, -0.25) is 0 Å². The lowest BCUT2D eigenvalue weighted by atomic mass is 9.99. The second kappa shape index (κ2) is 4.97. The first kappa shape index (κ1) is 12.5. The van der Waals surface area contributed by atoms with Crippen molar-refractivity contribution in [1.29, 1.82) is 5.26 Å². The fourth-order valence-electron chi connectivity index (χ4n) is 2.76. The van der Waals surface area contributed by atoms with Crippen molar-refractivity contribution in [3.8, 4) is 28.5 Å². The lowest BCUT2D eigenvalue weighted by Gasteiger charge is -2.06. The molecule has 0 atom stereocenters. The summed E-state index contributed by atoms with van der Waals surface area (Å²) in [7, 11) is 0. The van der Waals surface area contributed by atoms with Gasteiger partial charge in [-0.2, -0.15) is 15.6 Å². The summed E-state index contributed by atoms with van der Waals surface area (Å²) in [5.74, 6) is 0. The molecule has 0 saturated heterocycles. The highest BCUT2D eigenvalue weighted by Gasteiger charge is 2.10. The van der Waals surface area contributed by atoms with Gasteiger partial charge in [0.1, 0.15) is 11.8 Å². The van der Waals surface area contributed by atoms with E-state index in [9.17, 15) is 0 Å². The van der Waals surface area contributed by atoms with Crippen molar-refractivity contribution in [3.05, 3.63) is 65.4 Å². The van der Waals surface area contributed by atoms with E-state index in [1.54, 1.807) is 0 Å². The maximum absolute atomic E-state index is 9.01. The first-order chi connectivity index (χ1) is 10.8. The molecule has 1 heterocycles. The van der Waals surface area contributed by atoms with Gasteiger partial charge in [0.2, 0.25) is 0 Å². The Labute approximate surface area is 127 Å². The maximum atomic E-state index is 9.01. The second-order valence-electron chi connectivity index (χ2n) is 5.23. The maximum Gasteiger partial charge on any atom is 0.190 e. The number of hydrogen-bond acceptors (Lipinski definition) is 3. The number of allylic oxidation sites excluding steroid dienone is 1. The molecule has 0 aliphatic heterocycles. The van der Waals surface area contributed by atoms with Gasteiger partial charge in [0.05, 0.1) is 0 Å². The Hall–Kier alpha value is -3.19. The SMILES string of the molecule is N#Cc1n[nH]nc1-c1ccc(-c2ccc3c(c2)C=CC3)cc1. The Kier molecular flexibility index (Phi) is 2.84. The highest BCUT2D eigenvalue weighted by Crippen LogP contribution is 2.28. The first-order valence-corrected chi connectivity index (χ1v) is 7.06. The number of aromatic nitrogens is 3. The standard InChI is InChI=1S/C18H12N4/c19-11-17-18(21-22-20-17)14-7-4-13(5-8-14)16-9-6-12-2-1-3-15(12)10-16/h1,3-10H,2H2,(H,20,21,22). The van der Waals surface area contributed by atoms with Crippen molar-refractivity contribution < 1.29 is 0 Å². The Bertz CT molecular complexity index is 911. The van der Waals surface area contributed by atoms with Crippen molar-refractivity contribution in [2.45, 2.75) is 6.42 Å². The summed E-state index contributed by atoms with van der Waals surface area (Å²) in [6, 6.07) is 16.6. The van der Waals surface area contributed by atoms with Crippen LogP contribution in [-0.2, 0) is 6.42 Å². The Morgan fingerprint density at radius 2 is 1.73 bits per heavy atom. The molecule has 4 rings (SSSR count). The third-order valence-corrected chi connectivity index (χ3v) is 3.93. The number of hydrogen-bond donors (Lipinski definition) is 1. The van der Waals surface area contributed by atoms with Crippen molar-refractivity contribution in [2.24, 2.45) is 0 Å². The normalized spacial score (nSPS) is 12.1. The van der Waals surface area contributed by atoms with Crippen LogP contribution >= 0.6 is 0 Å². The smallest absolute Gasteiger partial charge is 0.190 e. The van der Waals surface area contributed by atoms with Crippen LogP contribution in [0, 0.1) is 11.3 Å². The van der Waals surface area contributed by atoms with Crippen LogP contribution in [0.2, 0.25) is 0 Å². The summed E-state index contributed by atoms with van der Waals surface area (Å²) in [5.41, 5.74) is 6.80. The molecule has 0 bridgehead atoms. The second-order valence-corrected chi connectivity index (χ2v) is 5.23. The van der Waals surface area contributed by atoms with Crippen molar-refractivity contribution in [3.63, 3.8) is 0 Å². The molecule has 0 fully saturated rings. The average molecular weight is 284 g/mol. The molecule has 1 aliphatic carbocycles. The minimum Gasteiger partial charge on any atom is -0.196 e. The Balaban J connectivity index is 1.71. The summed E-state index contributed by atoms with van der Waals surface area (Å²) in [6.07, 6.45) is 5.38. The fourth-order valence-corrected chi connectivity index (χ4v) is 2.76. The molecule has 22 heavy (non-hydrogen) atoms. The van der Waals surface area contributed by atoms with Crippen LogP contribution in [0.4, 0.5) is 0 Å². The predicted octanol–water partition coefficient (Wildman–Crippen LogP) is 3.58. The zero-order valence-electron chi connectivity index (χ0n) is 11.7. The summed E-state index contributed by atoms with van der Waals surface area (Å²) in [4.78, 5) is 0. The van der Waals surface area contributed by atoms with Gasteiger partial charge in [-0.15, -0.1) is 5.10 Å². The lowest BCUT2D eigenvalue weighted by molar-refractivity contribution is 0.937. The summed E-state index contributed by atoms with van der Waals surface area (Å²) in [5, 5.41) is 19.4. The number of rotatable bonds is 2. The molecule has 2 aromatic carbocycles. The number of fused-ring (bicyclic) bond motifs is 1. The number of H-pyrrole nitrogens is 1. The van der Waals surface area contributed by atoms with Crippen LogP contribution in [0.1, 0.15) is 16.8 Å². The van der Waals surface area contributed by atoms with E-state index < -0.39 is 0 Å². The molecule has 4 nitrogen and oxygen atoms in total. The molecule has 3 aromatic rings. The summed E-state index contributed by atoms with van der Waals surface area (Å²) < 4.78 is 0. The summed E-state index contributed by atoms with van der Waals surface area (Å²) >= 11 is 0. The van der Waals surface area contributed by atoms with Crippen LogP contribution in [0.5, 0.6) is 0 Å². The zero-order chi connectivity index (χ0) is 14.9. The molecular weight excluding hydrogens is 272 g/mol. The predicted molar refractivity (Wildman–Crippen MR) is 84.7 cm³/mol. The molecule has 0 radical (unpaired) electrons. The highest BCUT2D eigenvalue weighted by atomic mass is 15.3. The van der Waals surface area contributed by atoms with E-state index >= 15 is 0 Å². The van der Waals surface area contributed by atoms with Crippen LogP contribution in [0.25, 0.3) is 28.5 Å². The minimum absolute atomic E-state index is 0.315. The molecule has 1 N–H and O–H groups in total. The van der Waals surface area contributed by atoms with Gasteiger partial charge in [0.15, 0.2) is 5.69 Å². The molecule has 1 aromatic heterocycles. The Morgan fingerprint density at radius 1 is 0.955 bits per heavy atom. The Morgan fingerprint density at radius 3 is 2.55 bits per heavy atom. The van der Waals surface area contributed by atoms with E-state index in [-0.39, 0.29) is 0 Å². The number of aromatic amines is 1. The fraction of sp³-hybridized carbons (Fsp3) is 0.0556. The highest BCUT2D eigenvalue weighted by molar-refractivity contribution is 5.74. The van der Waals surface area contributed by atoms with E-state index in [0.717, 1.165) is 17.5 Å². The molecule has 0 saturated carbocycles. The number of nitrogens with one attached hydrogen (secondary N) is 1. The van der Waals surface area contributed by atoms with E-state index in [0.29, 0.717) is 11.4 Å². The largest absolute Gasteiger partial charge is 0.196 e. The van der Waals surface area contributed by atoms with Gasteiger partial charge in [-0.05, 0) is 34.7 Å². The first-order valence-electron chi connectivity index (χ1n) is 7.06. The topological polar surface area (TPSA) is 65.4 Å². The molecule has 0 spiro atoms. The van der Waals surface area contributed by atoms with Crippen molar-refractivity contribution >= 4 is 6.08 Å². The van der Waals surface area contributed by atoms with E-state index in [4.69, 9.17) is 5.26 Å². The van der Waals surface area contributed by atoms with Crippen LogP contribution in [0.15, 0.2) is 48.5 Å². The molecule has 0 amide bonds. The molecule has 4 heteroatoms. The van der Waals surface area contributed by atoms with Crippen LogP contribution in [-0.4, -0.2) is 15.4 Å². The van der Waals surface area contributed by atoms with Gasteiger partial charge in [-0.1, -0.05) is 48.6 Å². The molecule has 104 valence electrons. The summed E-state index contributed by atoms with van der Waals surface area (Å²) in [6.45, 7) is 0. The third kappa shape index (κ3) is 2.00. The van der Waals surface area contributed by atoms with E-state index in [1.165, 1.54) is 16.7 Å². The third-order valence-electron chi connectivity index (χ3n) is 3.93. The van der Waals surface area contributed by atoms with Crippen molar-refractivity contribution in [2.75, 3.05) is 0 Å². The minimum atomic E-state index is 0.315. The van der Waals surface area contributed by atoms with Crippen LogP contribution < -0.4 is 0 Å². The number of benzene rings is 2. The lowest BCUT2D eigenvalue weighted by Crippen LogP contribution is -1.86. The molecule has 0 unspecified atom stereocenters. The van der Waals surface area contributed by atoms with E-state index in [2.05, 4.69) is 45.8 Å². The van der Waals surface area contributed by atoms with Crippen molar-refractivity contribution in [1.82, 2.24) is 15.4 Å². The van der Waals surface area contributed by atoms with Gasteiger partial charge in [-0.25, -0.2) is 0 Å². The number of nitriles is 1. The number of nitrogens with zero attached hydrogens (tertiary/aromatic N) is 3. The monoisotopic (exact) mass is 284 g/mol. The molecule has 1 aliphatic rings. The van der Waals surface area contributed by atoms with Crippen LogP contribution in [0.3, 0.4) is 0 Å². The van der Waals surface area contributed by atoms with E-state index in [1.807, 2.05) is 30.3 Å². The van der Waals surface area contributed by atoms with Gasteiger partial charge in [0, 0.05) is 5.56 Å². The quantitative estimate of drug-likeness (QED) is 0.782.